The molecule has 2 N–H and O–H groups in total. The zero-order chi connectivity index (χ0) is 21.9. The molecule has 0 fully saturated rings. The summed E-state index contributed by atoms with van der Waals surface area (Å²) >= 11 is 0. The fourth-order valence-corrected chi connectivity index (χ4v) is 3.43. The van der Waals surface area contributed by atoms with Gasteiger partial charge in [0.05, 0.1) is 30.5 Å². The molecule has 0 aliphatic carbocycles. The molecule has 1 unspecified atom stereocenters. The van der Waals surface area contributed by atoms with Gasteiger partial charge in [0, 0.05) is 11.6 Å². The molecule has 1 amide bonds. The zero-order valence-electron chi connectivity index (χ0n) is 17.2. The van der Waals surface area contributed by atoms with Crippen molar-refractivity contribution in [1.29, 1.82) is 0 Å². The Kier molecular flexibility index (Phi) is 6.31. The lowest BCUT2D eigenvalue weighted by Gasteiger charge is -2.25. The average molecular weight is 413 g/mol. The molecule has 1 atom stereocenters. The third kappa shape index (κ3) is 4.74. The van der Waals surface area contributed by atoms with Crippen LogP contribution in [-0.2, 0) is 12.1 Å². The summed E-state index contributed by atoms with van der Waals surface area (Å²) < 4.78 is 29.0. The molecular weight excluding hydrogens is 388 g/mol. The minimum atomic E-state index is -1.70. The Labute approximate surface area is 174 Å². The molecule has 0 aliphatic rings. The second-order valence-electron chi connectivity index (χ2n) is 7.82. The first-order chi connectivity index (χ1) is 14.2. The van der Waals surface area contributed by atoms with E-state index in [1.807, 2.05) is 44.2 Å². The Balaban J connectivity index is 1.78. The Morgan fingerprint density at radius 2 is 1.90 bits per heavy atom. The number of hydrogen-bond acceptors (Lipinski definition) is 3. The van der Waals surface area contributed by atoms with Gasteiger partial charge in [-0.1, -0.05) is 50.2 Å². The van der Waals surface area contributed by atoms with Crippen molar-refractivity contribution in [2.45, 2.75) is 38.8 Å². The number of aromatic nitrogens is 2. The molecule has 0 saturated carbocycles. The van der Waals surface area contributed by atoms with Gasteiger partial charge in [0.25, 0.3) is 5.91 Å². The van der Waals surface area contributed by atoms with Crippen LogP contribution in [0.1, 0.15) is 53.9 Å². The number of aliphatic hydroxyl groups is 1. The highest BCUT2D eigenvalue weighted by Gasteiger charge is 2.29. The van der Waals surface area contributed by atoms with Gasteiger partial charge < -0.3 is 10.4 Å². The molecule has 5 nitrogen and oxygen atoms in total. The third-order valence-corrected chi connectivity index (χ3v) is 4.95. The van der Waals surface area contributed by atoms with E-state index in [4.69, 9.17) is 0 Å². The number of benzene rings is 2. The van der Waals surface area contributed by atoms with Crippen molar-refractivity contribution in [1.82, 2.24) is 15.1 Å². The van der Waals surface area contributed by atoms with Gasteiger partial charge in [-0.15, -0.1) is 0 Å². The summed E-state index contributed by atoms with van der Waals surface area (Å²) in [7, 11) is 0. The first-order valence-electron chi connectivity index (χ1n) is 9.75. The van der Waals surface area contributed by atoms with Crippen LogP contribution in [0.2, 0.25) is 0 Å². The maximum Gasteiger partial charge on any atom is 0.254 e. The molecule has 3 aromatic rings. The second-order valence-corrected chi connectivity index (χ2v) is 7.82. The molecule has 0 saturated heterocycles. The minimum Gasteiger partial charge on any atom is -0.383 e. The standard InChI is InChI=1S/C23H25F2N3O2/c1-15(2)21-18(12-27-28(21)13-16-7-5-4-6-8-16)22(29)26-14-23(3,30)19-10-9-17(24)11-20(19)25/h4-12,15,30H,13-14H2,1-3H3,(H,26,29). The van der Waals surface area contributed by atoms with Gasteiger partial charge in [0.1, 0.15) is 17.2 Å². The van der Waals surface area contributed by atoms with Crippen molar-refractivity contribution in [3.63, 3.8) is 0 Å². The van der Waals surface area contributed by atoms with Crippen LogP contribution < -0.4 is 5.32 Å². The van der Waals surface area contributed by atoms with Crippen molar-refractivity contribution >= 4 is 5.91 Å². The predicted octanol–water partition coefficient (Wildman–Crippen LogP) is 3.97. The van der Waals surface area contributed by atoms with Crippen LogP contribution in [0.3, 0.4) is 0 Å². The molecule has 2 aromatic carbocycles. The number of carbonyl (C=O) groups excluding carboxylic acids is 1. The van der Waals surface area contributed by atoms with E-state index >= 15 is 0 Å². The average Bonchev–Trinajstić information content (AvgIpc) is 3.10. The monoisotopic (exact) mass is 413 g/mol. The molecule has 0 aliphatic heterocycles. The number of nitrogens with one attached hydrogen (secondary N) is 1. The van der Waals surface area contributed by atoms with E-state index < -0.39 is 23.1 Å². The van der Waals surface area contributed by atoms with Crippen LogP contribution in [0.5, 0.6) is 0 Å². The molecule has 3 rings (SSSR count). The minimum absolute atomic E-state index is 0.0343. The molecule has 0 radical (unpaired) electrons. The maximum atomic E-state index is 14.0. The fraction of sp³-hybridized carbons (Fsp3) is 0.304. The molecule has 1 heterocycles. The van der Waals surface area contributed by atoms with E-state index in [-0.39, 0.29) is 18.0 Å². The van der Waals surface area contributed by atoms with Gasteiger partial charge >= 0.3 is 0 Å². The quantitative estimate of drug-likeness (QED) is 0.616. The Morgan fingerprint density at radius 3 is 2.53 bits per heavy atom. The number of amides is 1. The molecule has 1 aromatic heterocycles. The van der Waals surface area contributed by atoms with Crippen molar-refractivity contribution in [3.8, 4) is 0 Å². The van der Waals surface area contributed by atoms with E-state index in [1.54, 1.807) is 4.68 Å². The molecule has 0 spiro atoms. The third-order valence-electron chi connectivity index (χ3n) is 4.95. The highest BCUT2D eigenvalue weighted by atomic mass is 19.1. The molecule has 30 heavy (non-hydrogen) atoms. The Morgan fingerprint density at radius 1 is 1.20 bits per heavy atom. The SMILES string of the molecule is CC(C)c1c(C(=O)NCC(C)(O)c2ccc(F)cc2F)cnn1Cc1ccccc1. The second kappa shape index (κ2) is 8.75. The first-order valence-corrected chi connectivity index (χ1v) is 9.75. The van der Waals surface area contributed by atoms with Crippen molar-refractivity contribution in [3.05, 3.63) is 88.7 Å². The van der Waals surface area contributed by atoms with Crippen LogP contribution in [0.15, 0.2) is 54.7 Å². The molecule has 7 heteroatoms. The van der Waals surface area contributed by atoms with Crippen LogP contribution >= 0.6 is 0 Å². The molecular formula is C23H25F2N3O2. The van der Waals surface area contributed by atoms with E-state index in [0.29, 0.717) is 18.2 Å². The number of hydrogen-bond donors (Lipinski definition) is 2. The highest BCUT2D eigenvalue weighted by Crippen LogP contribution is 2.25. The summed E-state index contributed by atoms with van der Waals surface area (Å²) in [6.07, 6.45) is 1.50. The summed E-state index contributed by atoms with van der Waals surface area (Å²) in [4.78, 5) is 12.8. The van der Waals surface area contributed by atoms with Crippen molar-refractivity contribution < 1.29 is 18.7 Å². The lowest BCUT2D eigenvalue weighted by atomic mass is 9.95. The molecule has 158 valence electrons. The van der Waals surface area contributed by atoms with Gasteiger partial charge in [-0.3, -0.25) is 9.48 Å². The maximum absolute atomic E-state index is 14.0. The summed E-state index contributed by atoms with van der Waals surface area (Å²) in [6.45, 7) is 5.60. The fourth-order valence-electron chi connectivity index (χ4n) is 3.43. The van der Waals surface area contributed by atoms with Gasteiger partial charge in [-0.05, 0) is 24.5 Å². The normalized spacial score (nSPS) is 13.3. The van der Waals surface area contributed by atoms with Crippen LogP contribution in [0.25, 0.3) is 0 Å². The summed E-state index contributed by atoms with van der Waals surface area (Å²) in [5.41, 5.74) is 0.434. The van der Waals surface area contributed by atoms with E-state index in [2.05, 4.69) is 10.4 Å². The smallest absolute Gasteiger partial charge is 0.254 e. The first kappa shape index (κ1) is 21.6. The van der Waals surface area contributed by atoms with Crippen LogP contribution in [0.4, 0.5) is 8.78 Å². The zero-order valence-corrected chi connectivity index (χ0v) is 17.2. The Bertz CT molecular complexity index is 1030. The van der Waals surface area contributed by atoms with Gasteiger partial charge in [0.2, 0.25) is 0 Å². The van der Waals surface area contributed by atoms with E-state index in [0.717, 1.165) is 17.3 Å². The van der Waals surface area contributed by atoms with E-state index in [9.17, 15) is 18.7 Å². The molecule has 0 bridgehead atoms. The van der Waals surface area contributed by atoms with Gasteiger partial charge in [-0.2, -0.15) is 5.10 Å². The van der Waals surface area contributed by atoms with E-state index in [1.165, 1.54) is 19.2 Å². The summed E-state index contributed by atoms with van der Waals surface area (Å²) in [5, 5.41) is 17.7. The largest absolute Gasteiger partial charge is 0.383 e. The van der Waals surface area contributed by atoms with Crippen molar-refractivity contribution in [2.24, 2.45) is 0 Å². The predicted molar refractivity (Wildman–Crippen MR) is 110 cm³/mol. The van der Waals surface area contributed by atoms with Crippen LogP contribution in [0, 0.1) is 11.6 Å². The van der Waals surface area contributed by atoms with Gasteiger partial charge in [-0.25, -0.2) is 8.78 Å². The number of halogens is 2. The topological polar surface area (TPSA) is 67.2 Å². The summed E-state index contributed by atoms with van der Waals surface area (Å²) in [6, 6.07) is 12.7. The number of carbonyl (C=O) groups is 1. The number of rotatable bonds is 7. The summed E-state index contributed by atoms with van der Waals surface area (Å²) in [5.74, 6) is -1.98. The lowest BCUT2D eigenvalue weighted by molar-refractivity contribution is 0.0494. The highest BCUT2D eigenvalue weighted by molar-refractivity contribution is 5.95. The van der Waals surface area contributed by atoms with Gasteiger partial charge in [0.15, 0.2) is 0 Å². The van der Waals surface area contributed by atoms with Crippen LogP contribution in [-0.4, -0.2) is 27.3 Å². The number of nitrogens with zero attached hydrogens (tertiary/aromatic N) is 2. The lowest BCUT2D eigenvalue weighted by Crippen LogP contribution is -2.39. The Hall–Kier alpha value is -3.06. The van der Waals surface area contributed by atoms with Crippen molar-refractivity contribution in [2.75, 3.05) is 6.54 Å².